The zero-order valence-corrected chi connectivity index (χ0v) is 14.9. The van der Waals surface area contributed by atoms with Crippen LogP contribution in [0.3, 0.4) is 0 Å². The largest absolute Gasteiger partial charge is 0.469 e. The Hall–Kier alpha value is -2.81. The fraction of sp³-hybridized carbons (Fsp3) is 0.261. The summed E-state index contributed by atoms with van der Waals surface area (Å²) in [4.78, 5) is 15.1. The van der Waals surface area contributed by atoms with E-state index in [0.717, 1.165) is 24.1 Å². The maximum atomic E-state index is 12.9. The van der Waals surface area contributed by atoms with E-state index < -0.39 is 0 Å². The predicted molar refractivity (Wildman–Crippen MR) is 104 cm³/mol. The van der Waals surface area contributed by atoms with E-state index in [0.29, 0.717) is 0 Å². The van der Waals surface area contributed by atoms with Crippen LogP contribution in [0.5, 0.6) is 0 Å². The minimum absolute atomic E-state index is 0.0949. The van der Waals surface area contributed by atoms with Gasteiger partial charge in [-0.15, -0.1) is 0 Å². The van der Waals surface area contributed by atoms with Crippen molar-refractivity contribution in [1.29, 1.82) is 0 Å². The average molecular weight is 345 g/mol. The van der Waals surface area contributed by atoms with E-state index in [1.165, 1.54) is 12.7 Å². The number of hydrogen-bond acceptors (Lipinski definition) is 3. The summed E-state index contributed by atoms with van der Waals surface area (Å²) in [6.07, 6.45) is 8.64. The number of rotatable bonds is 3. The third-order valence-corrected chi connectivity index (χ3v) is 5.37. The Morgan fingerprint density at radius 1 is 1.04 bits per heavy atom. The number of allylic oxidation sites excluding steroid dienone is 3. The summed E-state index contributed by atoms with van der Waals surface area (Å²) >= 11 is 0. The van der Waals surface area contributed by atoms with Crippen LogP contribution in [0.1, 0.15) is 24.4 Å². The molecule has 0 saturated heterocycles. The molecule has 0 bridgehead atoms. The highest BCUT2D eigenvalue weighted by molar-refractivity contribution is 5.77. The first-order valence-electron chi connectivity index (χ1n) is 9.13. The van der Waals surface area contributed by atoms with Gasteiger partial charge in [0, 0.05) is 17.8 Å². The van der Waals surface area contributed by atoms with Gasteiger partial charge in [0.05, 0.1) is 19.1 Å². The van der Waals surface area contributed by atoms with Gasteiger partial charge in [-0.2, -0.15) is 0 Å². The quantitative estimate of drug-likeness (QED) is 0.586. The van der Waals surface area contributed by atoms with Gasteiger partial charge in [-0.1, -0.05) is 60.7 Å². The fourth-order valence-electron chi connectivity index (χ4n) is 4.18. The predicted octanol–water partition coefficient (Wildman–Crippen LogP) is 4.89. The van der Waals surface area contributed by atoms with Gasteiger partial charge < -0.3 is 9.64 Å². The lowest BCUT2D eigenvalue weighted by Crippen LogP contribution is -2.43. The Morgan fingerprint density at radius 3 is 2.42 bits per heavy atom. The first-order valence-corrected chi connectivity index (χ1v) is 9.13. The van der Waals surface area contributed by atoms with E-state index in [9.17, 15) is 4.79 Å². The van der Waals surface area contributed by atoms with Crippen LogP contribution in [0.25, 0.3) is 0 Å². The number of anilines is 1. The molecule has 132 valence electrons. The standard InChI is InChI=1S/C23H23NO2/c1-26-23(25)21-20-15-9-8-12-18(20)16-24(19-13-6-3-7-14-19)22(21)17-10-4-2-5-11-17/h2-7,9-11,13-16,20-22H,8,12H2,1H3/t20-,21-,22-/m0/s1. The number of nitrogens with zero attached hydrogens (tertiary/aromatic N) is 1. The molecule has 26 heavy (non-hydrogen) atoms. The number of methoxy groups -OCH3 is 1. The maximum absolute atomic E-state index is 12.9. The first kappa shape index (κ1) is 16.6. The highest BCUT2D eigenvalue weighted by atomic mass is 16.5. The van der Waals surface area contributed by atoms with Crippen molar-refractivity contribution in [2.75, 3.05) is 12.0 Å². The zero-order valence-electron chi connectivity index (χ0n) is 14.9. The van der Waals surface area contributed by atoms with Crippen molar-refractivity contribution in [3.05, 3.63) is 90.2 Å². The van der Waals surface area contributed by atoms with Crippen molar-refractivity contribution < 1.29 is 9.53 Å². The number of benzene rings is 2. The SMILES string of the molecule is COC(=O)[C@H]1[C@H]2C=CCCC2=CN(c2ccccc2)[C@H]1c1ccccc1. The fourth-order valence-corrected chi connectivity index (χ4v) is 4.18. The molecule has 1 aliphatic carbocycles. The average Bonchev–Trinajstić information content (AvgIpc) is 2.73. The van der Waals surface area contributed by atoms with E-state index >= 15 is 0 Å². The maximum Gasteiger partial charge on any atom is 0.312 e. The Bertz CT molecular complexity index is 826. The molecule has 0 saturated carbocycles. The second-order valence-corrected chi connectivity index (χ2v) is 6.84. The van der Waals surface area contributed by atoms with Crippen molar-refractivity contribution >= 4 is 11.7 Å². The van der Waals surface area contributed by atoms with Gasteiger partial charge in [0.15, 0.2) is 0 Å². The molecule has 2 aromatic rings. The topological polar surface area (TPSA) is 29.5 Å². The van der Waals surface area contributed by atoms with Crippen molar-refractivity contribution in [3.8, 4) is 0 Å². The summed E-state index contributed by atoms with van der Waals surface area (Å²) in [6.45, 7) is 0. The van der Waals surface area contributed by atoms with E-state index in [1.807, 2.05) is 36.4 Å². The molecule has 1 heterocycles. The smallest absolute Gasteiger partial charge is 0.312 e. The lowest BCUT2D eigenvalue weighted by atomic mass is 9.72. The van der Waals surface area contributed by atoms with Crippen LogP contribution in [0.2, 0.25) is 0 Å². The minimum atomic E-state index is -0.265. The van der Waals surface area contributed by atoms with Gasteiger partial charge in [-0.25, -0.2) is 0 Å². The Kier molecular flexibility index (Phi) is 4.61. The van der Waals surface area contributed by atoms with E-state index in [4.69, 9.17) is 4.74 Å². The molecule has 3 heteroatoms. The first-order chi connectivity index (χ1) is 12.8. The molecular weight excluding hydrogens is 322 g/mol. The van der Waals surface area contributed by atoms with Crippen LogP contribution in [-0.4, -0.2) is 13.1 Å². The van der Waals surface area contributed by atoms with Crippen LogP contribution < -0.4 is 4.90 Å². The number of fused-ring (bicyclic) bond motifs is 1. The number of para-hydroxylation sites is 1. The van der Waals surface area contributed by atoms with Crippen LogP contribution >= 0.6 is 0 Å². The molecule has 0 N–H and O–H groups in total. The van der Waals surface area contributed by atoms with Crippen molar-refractivity contribution in [2.24, 2.45) is 11.8 Å². The summed E-state index contributed by atoms with van der Waals surface area (Å²) in [5.74, 6) is -0.317. The monoisotopic (exact) mass is 345 g/mol. The third kappa shape index (κ3) is 2.94. The number of esters is 1. The second-order valence-electron chi connectivity index (χ2n) is 6.84. The van der Waals surface area contributed by atoms with E-state index in [1.54, 1.807) is 0 Å². The van der Waals surface area contributed by atoms with Gasteiger partial charge in [-0.3, -0.25) is 4.79 Å². The van der Waals surface area contributed by atoms with Crippen LogP contribution in [0.15, 0.2) is 84.6 Å². The highest BCUT2D eigenvalue weighted by Gasteiger charge is 2.44. The molecule has 0 fully saturated rings. The number of hydrogen-bond donors (Lipinski definition) is 0. The van der Waals surface area contributed by atoms with Gasteiger partial charge in [0.1, 0.15) is 0 Å². The Labute approximate surface area is 154 Å². The van der Waals surface area contributed by atoms with Crippen LogP contribution in [0.4, 0.5) is 5.69 Å². The Balaban J connectivity index is 1.89. The summed E-state index contributed by atoms with van der Waals surface area (Å²) in [6, 6.07) is 20.5. The molecule has 0 aromatic heterocycles. The molecule has 2 aliphatic rings. The zero-order chi connectivity index (χ0) is 17.9. The van der Waals surface area contributed by atoms with Crippen molar-refractivity contribution in [1.82, 2.24) is 0 Å². The molecule has 1 aliphatic heterocycles. The summed E-state index contributed by atoms with van der Waals surface area (Å²) in [5, 5.41) is 0. The third-order valence-electron chi connectivity index (χ3n) is 5.37. The molecule has 3 atom stereocenters. The molecule has 4 rings (SSSR count). The van der Waals surface area contributed by atoms with Crippen LogP contribution in [-0.2, 0) is 9.53 Å². The molecule has 2 aromatic carbocycles. The molecule has 3 nitrogen and oxygen atoms in total. The number of ether oxygens (including phenoxy) is 1. The molecule has 0 spiro atoms. The molecule has 0 amide bonds. The summed E-state index contributed by atoms with van der Waals surface area (Å²) in [7, 11) is 1.49. The number of carbonyl (C=O) groups is 1. The number of carbonyl (C=O) groups excluding carboxylic acids is 1. The summed E-state index contributed by atoms with van der Waals surface area (Å²) < 4.78 is 5.25. The van der Waals surface area contributed by atoms with Gasteiger partial charge in [0.2, 0.25) is 0 Å². The molecule has 0 radical (unpaired) electrons. The van der Waals surface area contributed by atoms with Crippen LogP contribution in [0, 0.1) is 11.8 Å². The van der Waals surface area contributed by atoms with Gasteiger partial charge in [-0.05, 0) is 36.1 Å². The van der Waals surface area contributed by atoms with Gasteiger partial charge >= 0.3 is 5.97 Å². The Morgan fingerprint density at radius 2 is 1.73 bits per heavy atom. The lowest BCUT2D eigenvalue weighted by Gasteiger charge is -2.44. The van der Waals surface area contributed by atoms with Crippen molar-refractivity contribution in [2.45, 2.75) is 18.9 Å². The van der Waals surface area contributed by atoms with E-state index in [-0.39, 0.29) is 23.8 Å². The molecule has 0 unspecified atom stereocenters. The van der Waals surface area contributed by atoms with Crippen molar-refractivity contribution in [3.63, 3.8) is 0 Å². The lowest BCUT2D eigenvalue weighted by molar-refractivity contribution is -0.147. The minimum Gasteiger partial charge on any atom is -0.469 e. The molecular formula is C23H23NO2. The highest BCUT2D eigenvalue weighted by Crippen LogP contribution is 2.47. The second kappa shape index (κ2) is 7.20. The normalized spacial score (nSPS) is 24.6. The van der Waals surface area contributed by atoms with Gasteiger partial charge in [0.25, 0.3) is 0 Å². The summed E-state index contributed by atoms with van der Waals surface area (Å²) in [5.41, 5.74) is 3.52. The van der Waals surface area contributed by atoms with E-state index in [2.05, 4.69) is 47.5 Å².